The zero-order valence-electron chi connectivity index (χ0n) is 11.4. The van der Waals surface area contributed by atoms with Gasteiger partial charge in [0.15, 0.2) is 5.78 Å². The Bertz CT molecular complexity index is 299. The Morgan fingerprint density at radius 3 is 2.12 bits per heavy atom. The summed E-state index contributed by atoms with van der Waals surface area (Å²) in [5, 5.41) is 0. The number of nitrogens with zero attached hydrogens (tertiary/aromatic N) is 1. The Morgan fingerprint density at radius 1 is 1.12 bits per heavy atom. The van der Waals surface area contributed by atoms with Gasteiger partial charge in [0, 0.05) is 19.0 Å². The Hall–Kier alpha value is -0.900. The summed E-state index contributed by atoms with van der Waals surface area (Å²) in [6.45, 7) is 7.65. The first-order valence-corrected chi connectivity index (χ1v) is 6.30. The molecule has 0 radical (unpaired) electrons. The molecular formula is C13H23NO3. The summed E-state index contributed by atoms with van der Waals surface area (Å²) in [7, 11) is 1.77. The van der Waals surface area contributed by atoms with E-state index in [0.29, 0.717) is 12.8 Å². The van der Waals surface area contributed by atoms with E-state index in [4.69, 9.17) is 4.74 Å². The molecule has 4 heteroatoms. The molecule has 0 saturated carbocycles. The lowest BCUT2D eigenvalue weighted by Gasteiger charge is -2.24. The second-order valence-electron chi connectivity index (χ2n) is 5.29. The molecule has 1 amide bonds. The predicted octanol–water partition coefficient (Wildman–Crippen LogP) is 1.63. The van der Waals surface area contributed by atoms with Gasteiger partial charge in [0.25, 0.3) is 5.91 Å². The lowest BCUT2D eigenvalue weighted by Crippen LogP contribution is -2.41. The van der Waals surface area contributed by atoms with Gasteiger partial charge in [-0.2, -0.15) is 0 Å². The van der Waals surface area contributed by atoms with Crippen LogP contribution in [-0.2, 0) is 14.3 Å². The molecule has 1 saturated heterocycles. The molecule has 0 bridgehead atoms. The van der Waals surface area contributed by atoms with E-state index in [1.165, 1.54) is 0 Å². The lowest BCUT2D eigenvalue weighted by molar-refractivity contribution is -0.146. The maximum Gasteiger partial charge on any atom is 0.251 e. The van der Waals surface area contributed by atoms with Crippen molar-refractivity contribution in [1.82, 2.24) is 4.90 Å². The first kappa shape index (κ1) is 14.2. The Labute approximate surface area is 103 Å². The fraction of sp³-hybridized carbons (Fsp3) is 0.846. The molecule has 0 spiro atoms. The summed E-state index contributed by atoms with van der Waals surface area (Å²) in [6.07, 6.45) is 0.498. The van der Waals surface area contributed by atoms with Crippen LogP contribution in [0.2, 0.25) is 0 Å². The third-order valence-corrected chi connectivity index (χ3v) is 3.30. The van der Waals surface area contributed by atoms with Crippen LogP contribution in [0.15, 0.2) is 0 Å². The summed E-state index contributed by atoms with van der Waals surface area (Å²) in [5.74, 6) is 0.0586. The Morgan fingerprint density at radius 2 is 1.65 bits per heavy atom. The van der Waals surface area contributed by atoms with Crippen LogP contribution in [0.25, 0.3) is 0 Å². The third-order valence-electron chi connectivity index (χ3n) is 3.30. The normalized spacial score (nSPS) is 24.4. The molecule has 0 aliphatic carbocycles. The molecule has 1 heterocycles. The number of ether oxygens (including phenoxy) is 1. The molecule has 17 heavy (non-hydrogen) atoms. The van der Waals surface area contributed by atoms with E-state index < -0.39 is 6.10 Å². The van der Waals surface area contributed by atoms with Gasteiger partial charge in [-0.1, -0.05) is 13.8 Å². The number of likely N-dealkylation sites (N-methyl/N-ethyl adjacent to an activating group) is 1. The van der Waals surface area contributed by atoms with Crippen LogP contribution in [0.3, 0.4) is 0 Å². The highest BCUT2D eigenvalue weighted by molar-refractivity contribution is 5.87. The second-order valence-corrected chi connectivity index (χ2v) is 5.29. The summed E-state index contributed by atoms with van der Waals surface area (Å²) in [5.41, 5.74) is 0. The molecule has 4 nitrogen and oxygen atoms in total. The van der Waals surface area contributed by atoms with Crippen molar-refractivity contribution in [2.45, 2.75) is 58.8 Å². The van der Waals surface area contributed by atoms with Gasteiger partial charge >= 0.3 is 0 Å². The topological polar surface area (TPSA) is 46.6 Å². The molecule has 1 rings (SSSR count). The van der Waals surface area contributed by atoms with Gasteiger partial charge in [-0.3, -0.25) is 9.59 Å². The summed E-state index contributed by atoms with van der Waals surface area (Å²) in [4.78, 5) is 25.5. The monoisotopic (exact) mass is 241 g/mol. The fourth-order valence-electron chi connectivity index (χ4n) is 1.88. The number of carbonyl (C=O) groups excluding carboxylic acids is 2. The molecular weight excluding hydrogens is 218 g/mol. The van der Waals surface area contributed by atoms with Crippen LogP contribution in [0.4, 0.5) is 0 Å². The lowest BCUT2D eigenvalue weighted by atomic mass is 10.0. The minimum Gasteiger partial charge on any atom is -0.357 e. The van der Waals surface area contributed by atoms with Crippen molar-refractivity contribution >= 4 is 11.7 Å². The van der Waals surface area contributed by atoms with Crippen molar-refractivity contribution in [2.75, 3.05) is 7.05 Å². The number of ketones is 1. The van der Waals surface area contributed by atoms with Crippen molar-refractivity contribution in [1.29, 1.82) is 0 Å². The van der Waals surface area contributed by atoms with Gasteiger partial charge in [0.1, 0.15) is 12.2 Å². The molecule has 2 unspecified atom stereocenters. The van der Waals surface area contributed by atoms with E-state index in [0.717, 1.165) is 0 Å². The van der Waals surface area contributed by atoms with Gasteiger partial charge < -0.3 is 9.64 Å². The van der Waals surface area contributed by atoms with Crippen LogP contribution in [0, 0.1) is 5.92 Å². The summed E-state index contributed by atoms with van der Waals surface area (Å²) < 4.78 is 5.58. The zero-order chi connectivity index (χ0) is 13.2. The van der Waals surface area contributed by atoms with Crippen LogP contribution in [0.1, 0.15) is 40.5 Å². The zero-order valence-corrected chi connectivity index (χ0v) is 11.4. The predicted molar refractivity (Wildman–Crippen MR) is 65.6 cm³/mol. The average molecular weight is 241 g/mol. The van der Waals surface area contributed by atoms with E-state index >= 15 is 0 Å². The number of rotatable bonds is 4. The van der Waals surface area contributed by atoms with Gasteiger partial charge in [0.05, 0.1) is 0 Å². The fourth-order valence-corrected chi connectivity index (χ4v) is 1.88. The summed E-state index contributed by atoms with van der Waals surface area (Å²) in [6, 6.07) is 0.158. The standard InChI is InChI=1S/C13H23NO3/c1-8(2)12(15)10-6-7-11(17-10)13(16)14(5)9(3)4/h8-11H,6-7H2,1-5H3. The first-order chi connectivity index (χ1) is 7.84. The van der Waals surface area contributed by atoms with Crippen molar-refractivity contribution in [3.05, 3.63) is 0 Å². The molecule has 1 aliphatic heterocycles. The van der Waals surface area contributed by atoms with Crippen LogP contribution in [0.5, 0.6) is 0 Å². The van der Waals surface area contributed by atoms with Crippen molar-refractivity contribution < 1.29 is 14.3 Å². The van der Waals surface area contributed by atoms with Gasteiger partial charge in [0.2, 0.25) is 0 Å². The number of Topliss-reactive ketones (excluding diaryl/α,β-unsaturated/α-hetero) is 1. The number of carbonyl (C=O) groups is 2. The minimum absolute atomic E-state index is 0.0148. The maximum absolute atomic E-state index is 12.0. The smallest absolute Gasteiger partial charge is 0.251 e. The maximum atomic E-state index is 12.0. The molecule has 0 aromatic heterocycles. The molecule has 0 aromatic carbocycles. The first-order valence-electron chi connectivity index (χ1n) is 6.30. The van der Waals surface area contributed by atoms with Gasteiger partial charge in [-0.15, -0.1) is 0 Å². The molecule has 0 aromatic rings. The van der Waals surface area contributed by atoms with Crippen LogP contribution < -0.4 is 0 Å². The number of hydrogen-bond acceptors (Lipinski definition) is 3. The largest absolute Gasteiger partial charge is 0.357 e. The van der Waals surface area contributed by atoms with E-state index in [2.05, 4.69) is 0 Å². The highest BCUT2D eigenvalue weighted by Crippen LogP contribution is 2.24. The van der Waals surface area contributed by atoms with Crippen molar-refractivity contribution in [2.24, 2.45) is 5.92 Å². The Balaban J connectivity index is 2.56. The molecule has 1 fully saturated rings. The second kappa shape index (κ2) is 5.63. The Kier molecular flexibility index (Phi) is 4.69. The highest BCUT2D eigenvalue weighted by atomic mass is 16.5. The van der Waals surface area contributed by atoms with Crippen molar-refractivity contribution in [3.8, 4) is 0 Å². The van der Waals surface area contributed by atoms with Gasteiger partial charge in [-0.25, -0.2) is 0 Å². The summed E-state index contributed by atoms with van der Waals surface area (Å²) >= 11 is 0. The number of hydrogen-bond donors (Lipinski definition) is 0. The highest BCUT2D eigenvalue weighted by Gasteiger charge is 2.36. The molecule has 1 aliphatic rings. The van der Waals surface area contributed by atoms with E-state index in [1.54, 1.807) is 11.9 Å². The molecule has 0 N–H and O–H groups in total. The SMILES string of the molecule is CC(C)C(=O)C1CCC(C(=O)N(C)C(C)C)O1. The number of amides is 1. The molecule has 98 valence electrons. The van der Waals surface area contributed by atoms with Crippen LogP contribution in [-0.4, -0.2) is 41.9 Å². The quantitative estimate of drug-likeness (QED) is 0.751. The third kappa shape index (κ3) is 3.28. The minimum atomic E-state index is -0.435. The molecule has 2 atom stereocenters. The van der Waals surface area contributed by atoms with E-state index in [9.17, 15) is 9.59 Å². The van der Waals surface area contributed by atoms with Crippen LogP contribution >= 0.6 is 0 Å². The van der Waals surface area contributed by atoms with Gasteiger partial charge in [-0.05, 0) is 26.7 Å². The van der Waals surface area contributed by atoms with E-state index in [-0.39, 0.29) is 29.8 Å². The van der Waals surface area contributed by atoms with Crippen molar-refractivity contribution in [3.63, 3.8) is 0 Å². The average Bonchev–Trinajstić information content (AvgIpc) is 2.74. The van der Waals surface area contributed by atoms with E-state index in [1.807, 2.05) is 27.7 Å².